The largest absolute Gasteiger partial charge is 0.376 e. The van der Waals surface area contributed by atoms with Crippen LogP contribution in [0.4, 0.5) is 4.39 Å². The summed E-state index contributed by atoms with van der Waals surface area (Å²) in [4.78, 5) is 22.2. The summed E-state index contributed by atoms with van der Waals surface area (Å²) in [7, 11) is 0. The molecular weight excluding hydrogens is 349 g/mol. The van der Waals surface area contributed by atoms with E-state index in [1.165, 1.54) is 12.3 Å². The number of hydrogen-bond acceptors (Lipinski definition) is 5. The van der Waals surface area contributed by atoms with Crippen LogP contribution < -0.4 is 0 Å². The number of halogens is 1. The Morgan fingerprint density at radius 2 is 2.11 bits per heavy atom. The van der Waals surface area contributed by atoms with Gasteiger partial charge in [-0.25, -0.2) is 4.98 Å². The average molecular weight is 371 g/mol. The standard InChI is InChI=1S/C20H22FN3O3/c21-19-11-16(3-6-23-19)20(25)24-7-8-27-18-10-15(9-17(18)24)13-26-12-14-1-4-22-5-2-14/h1-6,11,15,17-18H,7-10,12-13H2. The van der Waals surface area contributed by atoms with E-state index in [9.17, 15) is 9.18 Å². The van der Waals surface area contributed by atoms with Crippen LogP contribution in [-0.4, -0.2) is 52.7 Å². The summed E-state index contributed by atoms with van der Waals surface area (Å²) in [6, 6.07) is 6.63. The molecule has 1 saturated carbocycles. The van der Waals surface area contributed by atoms with Crippen LogP contribution in [0.2, 0.25) is 0 Å². The molecule has 1 amide bonds. The van der Waals surface area contributed by atoms with Crippen LogP contribution in [0.25, 0.3) is 0 Å². The number of nitrogens with zero attached hydrogens (tertiary/aromatic N) is 3. The molecule has 4 rings (SSSR count). The van der Waals surface area contributed by atoms with E-state index in [4.69, 9.17) is 9.47 Å². The third kappa shape index (κ3) is 4.14. The number of carbonyl (C=O) groups is 1. The molecule has 27 heavy (non-hydrogen) atoms. The molecule has 1 aliphatic heterocycles. The minimum atomic E-state index is -0.639. The summed E-state index contributed by atoms with van der Waals surface area (Å²) >= 11 is 0. The minimum Gasteiger partial charge on any atom is -0.376 e. The van der Waals surface area contributed by atoms with Gasteiger partial charge in [-0.2, -0.15) is 4.39 Å². The highest BCUT2D eigenvalue weighted by Gasteiger charge is 2.43. The van der Waals surface area contributed by atoms with Gasteiger partial charge < -0.3 is 14.4 Å². The zero-order valence-electron chi connectivity index (χ0n) is 15.0. The lowest BCUT2D eigenvalue weighted by molar-refractivity contribution is -0.0450. The number of pyridine rings is 2. The number of ether oxygens (including phenoxy) is 2. The number of amides is 1. The van der Waals surface area contributed by atoms with Crippen LogP contribution in [-0.2, 0) is 16.1 Å². The molecule has 7 heteroatoms. The molecule has 2 aromatic rings. The summed E-state index contributed by atoms with van der Waals surface area (Å²) < 4.78 is 25.1. The Labute approximate surface area is 157 Å². The van der Waals surface area contributed by atoms with Crippen molar-refractivity contribution in [2.45, 2.75) is 31.6 Å². The molecule has 0 N–H and O–H groups in total. The minimum absolute atomic E-state index is 0.0111. The molecule has 2 aliphatic rings. The lowest BCUT2D eigenvalue weighted by Gasteiger charge is -2.37. The molecule has 3 unspecified atom stereocenters. The van der Waals surface area contributed by atoms with Crippen LogP contribution in [0.3, 0.4) is 0 Å². The first-order valence-electron chi connectivity index (χ1n) is 9.21. The van der Waals surface area contributed by atoms with Gasteiger partial charge in [-0.1, -0.05) is 0 Å². The summed E-state index contributed by atoms with van der Waals surface area (Å²) in [6.45, 7) is 2.21. The van der Waals surface area contributed by atoms with E-state index in [1.807, 2.05) is 17.0 Å². The average Bonchev–Trinajstić information content (AvgIpc) is 3.11. The van der Waals surface area contributed by atoms with Gasteiger partial charge in [0.1, 0.15) is 0 Å². The predicted octanol–water partition coefficient (Wildman–Crippen LogP) is 2.45. The highest BCUT2D eigenvalue weighted by atomic mass is 19.1. The molecule has 142 valence electrons. The third-order valence-corrected chi connectivity index (χ3v) is 5.24. The lowest BCUT2D eigenvalue weighted by Crippen LogP contribution is -2.51. The second-order valence-electron chi connectivity index (χ2n) is 7.05. The summed E-state index contributed by atoms with van der Waals surface area (Å²) in [5.74, 6) is -0.461. The Morgan fingerprint density at radius 1 is 1.26 bits per heavy atom. The Morgan fingerprint density at radius 3 is 2.93 bits per heavy atom. The monoisotopic (exact) mass is 371 g/mol. The predicted molar refractivity (Wildman–Crippen MR) is 95.4 cm³/mol. The highest BCUT2D eigenvalue weighted by molar-refractivity contribution is 5.94. The number of aromatic nitrogens is 2. The van der Waals surface area contributed by atoms with Crippen LogP contribution in [0.15, 0.2) is 42.9 Å². The van der Waals surface area contributed by atoms with E-state index < -0.39 is 5.95 Å². The third-order valence-electron chi connectivity index (χ3n) is 5.24. The van der Waals surface area contributed by atoms with Crippen molar-refractivity contribution in [3.8, 4) is 0 Å². The van der Waals surface area contributed by atoms with Gasteiger partial charge in [0.2, 0.25) is 5.95 Å². The van der Waals surface area contributed by atoms with Crippen LogP contribution in [0, 0.1) is 11.9 Å². The molecule has 0 spiro atoms. The second-order valence-corrected chi connectivity index (χ2v) is 7.05. The molecule has 3 heterocycles. The van der Waals surface area contributed by atoms with Crippen molar-refractivity contribution in [2.24, 2.45) is 5.92 Å². The van der Waals surface area contributed by atoms with Crippen molar-refractivity contribution in [1.29, 1.82) is 0 Å². The van der Waals surface area contributed by atoms with E-state index in [0.29, 0.717) is 37.8 Å². The second kappa shape index (κ2) is 8.10. The smallest absolute Gasteiger partial charge is 0.254 e. The zero-order chi connectivity index (χ0) is 18.6. The van der Waals surface area contributed by atoms with Crippen molar-refractivity contribution in [3.05, 3.63) is 59.9 Å². The van der Waals surface area contributed by atoms with Gasteiger partial charge in [0.05, 0.1) is 32.0 Å². The molecule has 0 bridgehead atoms. The molecular formula is C20H22FN3O3. The van der Waals surface area contributed by atoms with E-state index >= 15 is 0 Å². The van der Waals surface area contributed by atoms with Crippen molar-refractivity contribution in [3.63, 3.8) is 0 Å². The summed E-state index contributed by atoms with van der Waals surface area (Å²) in [5, 5.41) is 0. The lowest BCUT2D eigenvalue weighted by atomic mass is 10.1. The Kier molecular flexibility index (Phi) is 5.40. The SMILES string of the molecule is O=C(c1ccnc(F)c1)N1CCOC2CC(COCc3ccncc3)CC21. The Bertz CT molecular complexity index is 789. The quantitative estimate of drug-likeness (QED) is 0.756. The first kappa shape index (κ1) is 18.0. The Balaban J connectivity index is 1.36. The fraction of sp³-hybridized carbons (Fsp3) is 0.450. The van der Waals surface area contributed by atoms with Gasteiger partial charge in [-0.05, 0) is 42.5 Å². The molecule has 3 atom stereocenters. The number of morpholine rings is 1. The van der Waals surface area contributed by atoms with Crippen molar-refractivity contribution in [1.82, 2.24) is 14.9 Å². The molecule has 0 radical (unpaired) electrons. The fourth-order valence-electron chi connectivity index (χ4n) is 3.96. The first-order valence-corrected chi connectivity index (χ1v) is 9.21. The van der Waals surface area contributed by atoms with Gasteiger partial charge >= 0.3 is 0 Å². The van der Waals surface area contributed by atoms with Gasteiger partial charge in [0.25, 0.3) is 5.91 Å². The maximum atomic E-state index is 13.4. The molecule has 2 fully saturated rings. The maximum absolute atomic E-state index is 13.4. The van der Waals surface area contributed by atoms with Gasteiger partial charge in [-0.15, -0.1) is 0 Å². The topological polar surface area (TPSA) is 64.6 Å². The normalized spacial score (nSPS) is 24.6. The highest BCUT2D eigenvalue weighted by Crippen LogP contribution is 2.35. The van der Waals surface area contributed by atoms with Crippen LogP contribution >= 0.6 is 0 Å². The number of hydrogen-bond donors (Lipinski definition) is 0. The van der Waals surface area contributed by atoms with Crippen LogP contribution in [0.1, 0.15) is 28.8 Å². The number of fused-ring (bicyclic) bond motifs is 1. The van der Waals surface area contributed by atoms with E-state index in [-0.39, 0.29) is 18.1 Å². The fourth-order valence-corrected chi connectivity index (χ4v) is 3.96. The van der Waals surface area contributed by atoms with Crippen molar-refractivity contribution < 1.29 is 18.7 Å². The van der Waals surface area contributed by atoms with E-state index in [1.54, 1.807) is 18.5 Å². The van der Waals surface area contributed by atoms with Crippen molar-refractivity contribution in [2.75, 3.05) is 19.8 Å². The molecule has 1 saturated heterocycles. The summed E-state index contributed by atoms with van der Waals surface area (Å²) in [6.07, 6.45) is 6.55. The maximum Gasteiger partial charge on any atom is 0.254 e. The van der Waals surface area contributed by atoms with Gasteiger partial charge in [0.15, 0.2) is 0 Å². The molecule has 1 aliphatic carbocycles. The zero-order valence-corrected chi connectivity index (χ0v) is 15.0. The van der Waals surface area contributed by atoms with Gasteiger partial charge in [0, 0.05) is 36.8 Å². The van der Waals surface area contributed by atoms with E-state index in [0.717, 1.165) is 18.4 Å². The molecule has 6 nitrogen and oxygen atoms in total. The molecule has 0 aromatic carbocycles. The first-order chi connectivity index (χ1) is 13.2. The van der Waals surface area contributed by atoms with Crippen LogP contribution in [0.5, 0.6) is 0 Å². The van der Waals surface area contributed by atoms with E-state index in [2.05, 4.69) is 9.97 Å². The number of rotatable bonds is 5. The summed E-state index contributed by atoms with van der Waals surface area (Å²) in [5.41, 5.74) is 1.42. The molecule has 2 aromatic heterocycles. The Hall–Kier alpha value is -2.38. The van der Waals surface area contributed by atoms with Gasteiger partial charge in [-0.3, -0.25) is 9.78 Å². The van der Waals surface area contributed by atoms with Crippen molar-refractivity contribution >= 4 is 5.91 Å². The number of carbonyl (C=O) groups excluding carboxylic acids is 1.